The third-order valence-corrected chi connectivity index (χ3v) is 5.49. The molecule has 0 aliphatic carbocycles. The van der Waals surface area contributed by atoms with E-state index < -0.39 is 18.3 Å². The van der Waals surface area contributed by atoms with Crippen LogP contribution in [0.4, 0.5) is 5.69 Å². The van der Waals surface area contributed by atoms with Gasteiger partial charge >= 0.3 is 5.97 Å². The largest absolute Gasteiger partial charge is 0.479 e. The van der Waals surface area contributed by atoms with E-state index in [1.807, 2.05) is 58.0 Å². The maximum atomic E-state index is 13.1. The van der Waals surface area contributed by atoms with Crippen LogP contribution in [0.25, 0.3) is 0 Å². The number of nitrogens with zero attached hydrogens (tertiary/aromatic N) is 2. The molecule has 2 atom stereocenters. The number of aryl methyl sites for hydroxylation is 1. The Labute approximate surface area is 189 Å². The van der Waals surface area contributed by atoms with Crippen molar-refractivity contribution in [2.24, 2.45) is 0 Å². The summed E-state index contributed by atoms with van der Waals surface area (Å²) in [5, 5.41) is 9.36. The number of hydrogen-bond acceptors (Lipinski definition) is 5. The Hall–Kier alpha value is -3.06. The first-order chi connectivity index (χ1) is 15.2. The molecule has 1 N–H and O–H groups in total. The lowest BCUT2D eigenvalue weighted by Gasteiger charge is -2.40. The Kier molecular flexibility index (Phi) is 7.40. The first kappa shape index (κ1) is 23.6. The number of fused-ring (bicyclic) bond motifs is 1. The van der Waals surface area contributed by atoms with Gasteiger partial charge in [-0.2, -0.15) is 0 Å². The van der Waals surface area contributed by atoms with Crippen LogP contribution in [0.15, 0.2) is 42.5 Å². The van der Waals surface area contributed by atoms with Crippen LogP contribution in [0.3, 0.4) is 0 Å². The minimum atomic E-state index is -0.979. The van der Waals surface area contributed by atoms with Crippen molar-refractivity contribution in [1.29, 1.82) is 0 Å². The fourth-order valence-corrected chi connectivity index (χ4v) is 3.83. The molecule has 2 aromatic carbocycles. The molecule has 0 aromatic heterocycles. The highest BCUT2D eigenvalue weighted by atomic mass is 16.5. The summed E-state index contributed by atoms with van der Waals surface area (Å²) < 4.78 is 11.5. The van der Waals surface area contributed by atoms with Gasteiger partial charge in [0.25, 0.3) is 5.91 Å². The molecular weight excluding hydrogens is 408 g/mol. The van der Waals surface area contributed by atoms with Gasteiger partial charge in [-0.25, -0.2) is 4.79 Å². The lowest BCUT2D eigenvalue weighted by Crippen LogP contribution is -2.52. The predicted molar refractivity (Wildman–Crippen MR) is 123 cm³/mol. The second-order valence-corrected chi connectivity index (χ2v) is 8.37. The van der Waals surface area contributed by atoms with Crippen molar-refractivity contribution in [3.8, 4) is 5.75 Å². The summed E-state index contributed by atoms with van der Waals surface area (Å²) in [5.41, 5.74) is 3.52. The van der Waals surface area contributed by atoms with Crippen molar-refractivity contribution in [2.75, 3.05) is 18.1 Å². The Bertz CT molecular complexity index is 957. The molecule has 1 aliphatic rings. The summed E-state index contributed by atoms with van der Waals surface area (Å²) in [5.74, 6) is -0.413. The van der Waals surface area contributed by atoms with Gasteiger partial charge in [-0.15, -0.1) is 0 Å². The fraction of sp³-hybridized carbons (Fsp3) is 0.440. The van der Waals surface area contributed by atoms with Gasteiger partial charge in [0, 0.05) is 13.0 Å². The topological polar surface area (TPSA) is 79.3 Å². The summed E-state index contributed by atoms with van der Waals surface area (Å²) in [6, 6.07) is 13.2. The lowest BCUT2D eigenvalue weighted by molar-refractivity contribution is -0.153. The van der Waals surface area contributed by atoms with Crippen molar-refractivity contribution in [1.82, 2.24) is 4.90 Å². The second-order valence-electron chi connectivity index (χ2n) is 8.37. The number of anilines is 1. The molecular formula is C25H32N2O5. The third kappa shape index (κ3) is 5.40. The van der Waals surface area contributed by atoms with E-state index in [0.29, 0.717) is 18.0 Å². The zero-order chi connectivity index (χ0) is 23.4. The molecule has 32 heavy (non-hydrogen) atoms. The zero-order valence-corrected chi connectivity index (χ0v) is 19.4. The minimum absolute atomic E-state index is 0.0485. The van der Waals surface area contributed by atoms with Crippen molar-refractivity contribution in [2.45, 2.75) is 59.5 Å². The van der Waals surface area contributed by atoms with Gasteiger partial charge in [-0.05, 0) is 64.4 Å². The SMILES string of the molecule is CCN1CN(C(C)Oc2ccc(CC(OC(C)C)C(=O)O)cc2)C(=O)c2cc(C)ccc21. The molecule has 7 nitrogen and oxygen atoms in total. The van der Waals surface area contributed by atoms with E-state index in [2.05, 4.69) is 11.8 Å². The average Bonchev–Trinajstić information content (AvgIpc) is 2.74. The van der Waals surface area contributed by atoms with Crippen LogP contribution in [-0.4, -0.2) is 53.5 Å². The van der Waals surface area contributed by atoms with Gasteiger partial charge < -0.3 is 19.5 Å². The number of benzene rings is 2. The van der Waals surface area contributed by atoms with Crippen LogP contribution in [0.1, 0.15) is 49.2 Å². The molecule has 0 bridgehead atoms. The quantitative estimate of drug-likeness (QED) is 0.633. The number of hydrogen-bond donors (Lipinski definition) is 1. The molecule has 7 heteroatoms. The number of rotatable bonds is 9. The van der Waals surface area contributed by atoms with Gasteiger partial charge in [-0.3, -0.25) is 9.69 Å². The van der Waals surface area contributed by atoms with E-state index in [1.165, 1.54) is 0 Å². The van der Waals surface area contributed by atoms with E-state index >= 15 is 0 Å². The van der Waals surface area contributed by atoms with Crippen LogP contribution in [0.2, 0.25) is 0 Å². The summed E-state index contributed by atoms with van der Waals surface area (Å²) in [4.78, 5) is 28.4. The molecule has 0 saturated heterocycles. The number of carboxylic acids is 1. The Balaban J connectivity index is 1.70. The van der Waals surface area contributed by atoms with Gasteiger partial charge in [0.1, 0.15) is 5.75 Å². The number of carboxylic acid groups (broad SMARTS) is 1. The molecule has 0 fully saturated rings. The third-order valence-electron chi connectivity index (χ3n) is 5.49. The van der Waals surface area contributed by atoms with Crippen molar-refractivity contribution in [3.63, 3.8) is 0 Å². The predicted octanol–water partition coefficient (Wildman–Crippen LogP) is 4.08. The smallest absolute Gasteiger partial charge is 0.333 e. The molecule has 0 spiro atoms. The Morgan fingerprint density at radius 3 is 2.41 bits per heavy atom. The van der Waals surface area contributed by atoms with Crippen molar-refractivity contribution < 1.29 is 24.2 Å². The molecule has 1 amide bonds. The summed E-state index contributed by atoms with van der Waals surface area (Å²) in [6.45, 7) is 10.8. The second kappa shape index (κ2) is 10.0. The molecule has 1 heterocycles. The number of carbonyl (C=O) groups is 2. The zero-order valence-electron chi connectivity index (χ0n) is 19.4. The van der Waals surface area contributed by atoms with E-state index in [-0.39, 0.29) is 18.4 Å². The van der Waals surface area contributed by atoms with Crippen LogP contribution in [0, 0.1) is 6.92 Å². The Morgan fingerprint density at radius 1 is 1.12 bits per heavy atom. The molecule has 3 rings (SSSR count). The fourth-order valence-electron chi connectivity index (χ4n) is 3.83. The highest BCUT2D eigenvalue weighted by molar-refractivity contribution is 6.01. The van der Waals surface area contributed by atoms with Crippen molar-refractivity contribution in [3.05, 3.63) is 59.2 Å². The highest BCUT2D eigenvalue weighted by Crippen LogP contribution is 2.29. The van der Waals surface area contributed by atoms with Gasteiger partial charge in [-0.1, -0.05) is 23.8 Å². The number of amides is 1. The van der Waals surface area contributed by atoms with Crippen LogP contribution < -0.4 is 9.64 Å². The highest BCUT2D eigenvalue weighted by Gasteiger charge is 2.32. The molecule has 172 valence electrons. The summed E-state index contributed by atoms with van der Waals surface area (Å²) in [7, 11) is 0. The van der Waals surface area contributed by atoms with E-state index in [0.717, 1.165) is 23.4 Å². The number of ether oxygens (including phenoxy) is 2. The van der Waals surface area contributed by atoms with Crippen LogP contribution >= 0.6 is 0 Å². The first-order valence-corrected chi connectivity index (χ1v) is 11.0. The lowest BCUT2D eigenvalue weighted by atomic mass is 10.0. The Morgan fingerprint density at radius 2 is 1.81 bits per heavy atom. The summed E-state index contributed by atoms with van der Waals surface area (Å²) in [6.07, 6.45) is -1.25. The molecule has 1 aliphatic heterocycles. The molecule has 2 aromatic rings. The molecule has 0 radical (unpaired) electrons. The molecule has 2 unspecified atom stereocenters. The van der Waals surface area contributed by atoms with Crippen LogP contribution in [-0.2, 0) is 16.0 Å². The van der Waals surface area contributed by atoms with Gasteiger partial charge in [0.15, 0.2) is 12.3 Å². The van der Waals surface area contributed by atoms with Gasteiger partial charge in [0.05, 0.1) is 24.0 Å². The standard InChI is InChI=1S/C25H32N2O5/c1-6-26-15-27(24(28)21-13-17(4)7-12-22(21)26)18(5)32-20-10-8-19(9-11-20)14-23(25(29)30)31-16(2)3/h7-13,16,18,23H,6,14-15H2,1-5H3,(H,29,30). The minimum Gasteiger partial charge on any atom is -0.479 e. The number of aliphatic carboxylic acids is 1. The monoisotopic (exact) mass is 440 g/mol. The maximum Gasteiger partial charge on any atom is 0.333 e. The van der Waals surface area contributed by atoms with Gasteiger partial charge in [0.2, 0.25) is 0 Å². The maximum absolute atomic E-state index is 13.1. The molecule has 0 saturated carbocycles. The van der Waals surface area contributed by atoms with Crippen LogP contribution in [0.5, 0.6) is 5.75 Å². The van der Waals surface area contributed by atoms with E-state index in [4.69, 9.17) is 9.47 Å². The van der Waals surface area contributed by atoms with E-state index in [9.17, 15) is 14.7 Å². The van der Waals surface area contributed by atoms with Crippen molar-refractivity contribution >= 4 is 17.6 Å². The average molecular weight is 441 g/mol. The van der Waals surface area contributed by atoms with E-state index in [1.54, 1.807) is 17.0 Å². The summed E-state index contributed by atoms with van der Waals surface area (Å²) >= 11 is 0. The number of carbonyl (C=O) groups excluding carboxylic acids is 1. The first-order valence-electron chi connectivity index (χ1n) is 11.0. The normalized spacial score (nSPS) is 15.5.